The normalized spacial score (nSPS) is 14.2. The maximum atomic E-state index is 13.7. The molecule has 0 spiro atoms. The first-order valence-electron chi connectivity index (χ1n) is 12.6. The average molecular weight is 579 g/mol. The maximum Gasteiger partial charge on any atom is 0.319 e. The van der Waals surface area contributed by atoms with Crippen LogP contribution in [0.5, 0.6) is 0 Å². The third-order valence-corrected chi connectivity index (χ3v) is 6.86. The lowest BCUT2D eigenvalue weighted by Crippen LogP contribution is -2.54. The number of aryl methyl sites for hydroxylation is 1. The molecule has 1 atom stereocenters. The molecule has 1 fully saturated rings. The van der Waals surface area contributed by atoms with Crippen molar-refractivity contribution in [2.75, 3.05) is 31.6 Å². The number of esters is 1. The lowest BCUT2D eigenvalue weighted by Gasteiger charge is -2.35. The summed E-state index contributed by atoms with van der Waals surface area (Å²) in [7, 11) is 0. The van der Waals surface area contributed by atoms with Gasteiger partial charge in [-0.15, -0.1) is 24.8 Å². The van der Waals surface area contributed by atoms with Gasteiger partial charge in [-0.3, -0.25) is 20.3 Å². The second kappa shape index (κ2) is 13.6. The molecule has 6 N–H and O–H groups in total. The third-order valence-electron chi connectivity index (χ3n) is 6.86. The van der Waals surface area contributed by atoms with Crippen LogP contribution in [-0.2, 0) is 26.4 Å². The van der Waals surface area contributed by atoms with Gasteiger partial charge >= 0.3 is 5.97 Å². The summed E-state index contributed by atoms with van der Waals surface area (Å²) >= 11 is 0. The quantitative estimate of drug-likeness (QED) is 0.140. The van der Waals surface area contributed by atoms with Crippen LogP contribution in [0.15, 0.2) is 36.4 Å². The van der Waals surface area contributed by atoms with Crippen molar-refractivity contribution in [1.29, 1.82) is 5.41 Å². The van der Waals surface area contributed by atoms with E-state index in [0.717, 1.165) is 46.5 Å². The summed E-state index contributed by atoms with van der Waals surface area (Å²) in [5, 5.41) is 14.0. The van der Waals surface area contributed by atoms with Crippen molar-refractivity contribution in [3.63, 3.8) is 0 Å². The number of nitrogens with two attached hydrogens (primary N) is 1. The van der Waals surface area contributed by atoms with Crippen molar-refractivity contribution < 1.29 is 14.3 Å². The second-order valence-electron chi connectivity index (χ2n) is 9.45. The fourth-order valence-corrected chi connectivity index (χ4v) is 4.83. The lowest BCUT2D eigenvalue weighted by atomic mass is 9.86. The molecular formula is C27H37Cl2N7O3. The van der Waals surface area contributed by atoms with Gasteiger partial charge in [0.1, 0.15) is 17.2 Å². The number of halogens is 2. The van der Waals surface area contributed by atoms with Gasteiger partial charge in [0, 0.05) is 24.3 Å². The van der Waals surface area contributed by atoms with Crippen molar-refractivity contribution in [2.45, 2.75) is 45.7 Å². The molecule has 1 aliphatic heterocycles. The molecule has 1 aliphatic rings. The number of likely N-dealkylation sites (tertiary alicyclic amines) is 1. The van der Waals surface area contributed by atoms with Crippen molar-refractivity contribution in [1.82, 2.24) is 20.2 Å². The van der Waals surface area contributed by atoms with Crippen LogP contribution >= 0.6 is 24.8 Å². The van der Waals surface area contributed by atoms with Gasteiger partial charge in [0.2, 0.25) is 5.91 Å². The number of H-pyrrole nitrogens is 1. The SMILES string of the molecule is CCOC(=O)CNC(C)(C(=O)N1CCCC1)c1ccc2[nH]c(CNc3ccc(C(=N)N)cc3)nc2c1C.Cl.Cl. The molecule has 1 aromatic heterocycles. The molecule has 1 saturated heterocycles. The zero-order valence-electron chi connectivity index (χ0n) is 22.4. The number of benzene rings is 2. The lowest BCUT2D eigenvalue weighted by molar-refractivity contribution is -0.143. The molecule has 12 heteroatoms. The highest BCUT2D eigenvalue weighted by molar-refractivity contribution is 5.95. The van der Waals surface area contributed by atoms with Crippen molar-refractivity contribution in [3.8, 4) is 0 Å². The van der Waals surface area contributed by atoms with E-state index in [1.54, 1.807) is 19.1 Å². The minimum atomic E-state index is -1.11. The molecule has 0 saturated carbocycles. The van der Waals surface area contributed by atoms with Crippen LogP contribution in [0.1, 0.15) is 49.2 Å². The number of nitrogen functional groups attached to an aromatic ring is 1. The van der Waals surface area contributed by atoms with E-state index >= 15 is 0 Å². The van der Waals surface area contributed by atoms with Crippen LogP contribution in [0.4, 0.5) is 5.69 Å². The number of nitrogens with zero attached hydrogens (tertiary/aromatic N) is 2. The minimum absolute atomic E-state index is 0. The summed E-state index contributed by atoms with van der Waals surface area (Å²) in [4.78, 5) is 35.9. The highest BCUT2D eigenvalue weighted by Gasteiger charge is 2.41. The zero-order chi connectivity index (χ0) is 26.6. The first kappa shape index (κ1) is 31.9. The Balaban J connectivity index is 0.00000267. The van der Waals surface area contributed by atoms with E-state index in [4.69, 9.17) is 20.9 Å². The van der Waals surface area contributed by atoms with Crippen LogP contribution < -0.4 is 16.4 Å². The Kier molecular flexibility index (Phi) is 11.1. The van der Waals surface area contributed by atoms with E-state index < -0.39 is 11.5 Å². The molecule has 2 aromatic carbocycles. The number of fused-ring (bicyclic) bond motifs is 1. The van der Waals surface area contributed by atoms with Gasteiger partial charge in [-0.1, -0.05) is 6.07 Å². The molecule has 3 aromatic rings. The molecule has 0 aliphatic carbocycles. The van der Waals surface area contributed by atoms with Gasteiger partial charge in [0.05, 0.1) is 30.7 Å². The largest absolute Gasteiger partial charge is 0.465 e. The van der Waals surface area contributed by atoms with Crippen LogP contribution in [0.3, 0.4) is 0 Å². The highest BCUT2D eigenvalue weighted by atomic mass is 35.5. The summed E-state index contributed by atoms with van der Waals surface area (Å²) < 4.78 is 5.10. The number of anilines is 1. The number of nitrogens with one attached hydrogen (secondary N) is 4. The Morgan fingerprint density at radius 2 is 1.82 bits per heavy atom. The van der Waals surface area contributed by atoms with Crippen LogP contribution in [0.25, 0.3) is 11.0 Å². The Bertz CT molecular complexity index is 1310. The van der Waals surface area contributed by atoms with Gasteiger partial charge < -0.3 is 25.7 Å². The predicted molar refractivity (Wildman–Crippen MR) is 158 cm³/mol. The standard InChI is InChI=1S/C27H35N7O3.2ClH/c1-4-37-23(35)16-31-27(3,26(36)34-13-5-6-14-34)20-11-12-21-24(17(20)2)33-22(32-21)15-30-19-9-7-18(8-10-19)25(28)29;;/h7-12,30-31H,4-6,13-16H2,1-3H3,(H3,28,29)(H,32,33);2*1H. The fourth-order valence-electron chi connectivity index (χ4n) is 4.83. The number of aromatic nitrogens is 2. The minimum Gasteiger partial charge on any atom is -0.465 e. The molecule has 1 amide bonds. The average Bonchev–Trinajstić information content (AvgIpc) is 3.57. The fraction of sp³-hybridized carbons (Fsp3) is 0.407. The number of rotatable bonds is 10. The van der Waals surface area contributed by atoms with Gasteiger partial charge in [-0.25, -0.2) is 4.98 Å². The molecule has 0 radical (unpaired) electrons. The number of amidine groups is 1. The van der Waals surface area contributed by atoms with E-state index in [2.05, 4.69) is 15.6 Å². The van der Waals surface area contributed by atoms with Gasteiger partial charge in [-0.05, 0) is 75.1 Å². The molecule has 212 valence electrons. The first-order valence-corrected chi connectivity index (χ1v) is 12.6. The summed E-state index contributed by atoms with van der Waals surface area (Å²) in [5.41, 5.74) is 9.27. The molecule has 39 heavy (non-hydrogen) atoms. The summed E-state index contributed by atoms with van der Waals surface area (Å²) in [5.74, 6) is 0.328. The smallest absolute Gasteiger partial charge is 0.319 e. The third kappa shape index (κ3) is 7.00. The number of aromatic amines is 1. The van der Waals surface area contributed by atoms with Crippen molar-refractivity contribution in [3.05, 3.63) is 58.9 Å². The maximum absolute atomic E-state index is 13.7. The Hall–Kier alpha value is -3.34. The summed E-state index contributed by atoms with van der Waals surface area (Å²) in [6.07, 6.45) is 1.95. The second-order valence-corrected chi connectivity index (χ2v) is 9.45. The Morgan fingerprint density at radius 3 is 2.44 bits per heavy atom. The summed E-state index contributed by atoms with van der Waals surface area (Å²) in [6, 6.07) is 11.2. The first-order chi connectivity index (χ1) is 17.7. The molecule has 0 bridgehead atoms. The van der Waals surface area contributed by atoms with Crippen LogP contribution in [0, 0.1) is 12.3 Å². The molecule has 10 nitrogen and oxygen atoms in total. The van der Waals surface area contributed by atoms with E-state index in [1.165, 1.54) is 0 Å². The van der Waals surface area contributed by atoms with Crippen LogP contribution in [-0.4, -0.2) is 58.8 Å². The topological polar surface area (TPSA) is 149 Å². The van der Waals surface area contributed by atoms with Crippen LogP contribution in [0.2, 0.25) is 0 Å². The number of carbonyl (C=O) groups is 2. The number of amides is 1. The molecule has 4 rings (SSSR count). The number of ether oxygens (including phenoxy) is 1. The summed E-state index contributed by atoms with van der Waals surface area (Å²) in [6.45, 7) is 7.65. The Morgan fingerprint density at radius 1 is 1.15 bits per heavy atom. The monoisotopic (exact) mass is 577 g/mol. The van der Waals surface area contributed by atoms with Gasteiger partial charge in [-0.2, -0.15) is 0 Å². The van der Waals surface area contributed by atoms with E-state index in [0.29, 0.717) is 25.2 Å². The zero-order valence-corrected chi connectivity index (χ0v) is 24.1. The number of hydrogen-bond acceptors (Lipinski definition) is 7. The number of imidazole rings is 1. The Labute approximate surface area is 240 Å². The van der Waals surface area contributed by atoms with E-state index in [-0.39, 0.29) is 49.7 Å². The molecule has 1 unspecified atom stereocenters. The van der Waals surface area contributed by atoms with E-state index in [1.807, 2.05) is 43.0 Å². The molecular weight excluding hydrogens is 541 g/mol. The highest BCUT2D eigenvalue weighted by Crippen LogP contribution is 2.32. The molecule has 2 heterocycles. The van der Waals surface area contributed by atoms with Gasteiger partial charge in [0.15, 0.2) is 0 Å². The van der Waals surface area contributed by atoms with Crippen molar-refractivity contribution in [2.24, 2.45) is 5.73 Å². The number of carbonyl (C=O) groups excluding carboxylic acids is 2. The van der Waals surface area contributed by atoms with Crippen molar-refractivity contribution >= 4 is 59.2 Å². The van der Waals surface area contributed by atoms with Gasteiger partial charge in [0.25, 0.3) is 0 Å². The van der Waals surface area contributed by atoms with E-state index in [9.17, 15) is 9.59 Å². The predicted octanol–water partition coefficient (Wildman–Crippen LogP) is 3.60. The number of hydrogen-bond donors (Lipinski definition) is 5.